The van der Waals surface area contributed by atoms with E-state index in [-0.39, 0.29) is 35.1 Å². The topological polar surface area (TPSA) is 86.7 Å². The zero-order valence-corrected chi connectivity index (χ0v) is 13.3. The Morgan fingerprint density at radius 2 is 1.74 bits per heavy atom. The van der Waals surface area contributed by atoms with Crippen LogP contribution in [-0.2, 0) is 10.1 Å². The summed E-state index contributed by atoms with van der Waals surface area (Å²) in [5.74, 6) is 0.670. The van der Waals surface area contributed by atoms with Crippen LogP contribution in [0.1, 0.15) is 11.0 Å². The Kier molecular flexibility index (Phi) is 5.37. The van der Waals surface area contributed by atoms with Gasteiger partial charge in [-0.1, -0.05) is 24.3 Å². The molecule has 2 rings (SSSR count). The average Bonchev–Trinajstić information content (AvgIpc) is 2.35. The van der Waals surface area contributed by atoms with Crippen molar-refractivity contribution in [3.05, 3.63) is 42.0 Å². The maximum absolute atomic E-state index is 11.5. The second-order valence-electron chi connectivity index (χ2n) is 3.82. The fourth-order valence-corrected chi connectivity index (χ4v) is 2.18. The normalized spacial score (nSPS) is 12.8. The minimum absolute atomic E-state index is 0. The molecule has 0 bridgehead atoms. The third-order valence-corrected chi connectivity index (χ3v) is 3.43. The molecule has 1 unspecified atom stereocenters. The summed E-state index contributed by atoms with van der Waals surface area (Å²) in [6.45, 7) is 0. The number of benzene rings is 2. The van der Waals surface area contributed by atoms with E-state index in [9.17, 15) is 13.5 Å². The largest absolute Gasteiger partial charge is 1.00 e. The molecule has 1 atom stereocenters. The van der Waals surface area contributed by atoms with E-state index in [1.165, 1.54) is 12.1 Å². The van der Waals surface area contributed by atoms with Crippen LogP contribution in [0.4, 0.5) is 0 Å². The minimum Gasteiger partial charge on any atom is -0.835 e. The molecule has 0 radical (unpaired) electrons. The summed E-state index contributed by atoms with van der Waals surface area (Å²) in [7, 11) is -3.07. The van der Waals surface area contributed by atoms with E-state index in [1.807, 2.05) is 0 Å². The average molecular weight is 290 g/mol. The van der Waals surface area contributed by atoms with Crippen LogP contribution < -0.4 is 39.4 Å². The van der Waals surface area contributed by atoms with Gasteiger partial charge in [-0.05, 0) is 28.5 Å². The second kappa shape index (κ2) is 6.21. The van der Waals surface area contributed by atoms with Crippen molar-refractivity contribution in [2.75, 3.05) is 7.11 Å². The first-order valence-corrected chi connectivity index (χ1v) is 6.62. The van der Waals surface area contributed by atoms with E-state index >= 15 is 0 Å². The number of fused-ring (bicyclic) bond motifs is 1. The first-order chi connectivity index (χ1) is 8.41. The molecule has 2 aromatic carbocycles. The minimum atomic E-state index is -4.62. The van der Waals surface area contributed by atoms with Crippen molar-refractivity contribution < 1.29 is 52.4 Å². The molecule has 0 spiro atoms. The summed E-state index contributed by atoms with van der Waals surface area (Å²) in [6.07, 6.45) is 0. The van der Waals surface area contributed by atoms with E-state index in [2.05, 4.69) is 0 Å². The van der Waals surface area contributed by atoms with Crippen LogP contribution in [-0.4, -0.2) is 20.1 Å². The Hall–Kier alpha value is -0.630. The second-order valence-corrected chi connectivity index (χ2v) is 5.28. The van der Waals surface area contributed by atoms with Gasteiger partial charge in [0.2, 0.25) is 0 Å². The molecule has 96 valence electrons. The molecule has 2 aromatic rings. The molecule has 5 nitrogen and oxygen atoms in total. The molecule has 0 aliphatic carbocycles. The van der Waals surface area contributed by atoms with Gasteiger partial charge in [-0.3, -0.25) is 4.55 Å². The summed E-state index contributed by atoms with van der Waals surface area (Å²) in [6, 6.07) is 9.64. The zero-order valence-electron chi connectivity index (χ0n) is 10.5. The monoisotopic (exact) mass is 290 g/mol. The van der Waals surface area contributed by atoms with Gasteiger partial charge >= 0.3 is 29.6 Å². The smallest absolute Gasteiger partial charge is 0.835 e. The van der Waals surface area contributed by atoms with Gasteiger partial charge in [0, 0.05) is 5.44 Å². The van der Waals surface area contributed by atoms with Gasteiger partial charge in [0.1, 0.15) is 5.75 Å². The van der Waals surface area contributed by atoms with E-state index in [1.54, 1.807) is 31.4 Å². The Morgan fingerprint density at radius 1 is 1.16 bits per heavy atom. The van der Waals surface area contributed by atoms with Crippen LogP contribution in [0.15, 0.2) is 36.4 Å². The molecule has 0 aliphatic heterocycles. The van der Waals surface area contributed by atoms with Crippen molar-refractivity contribution in [1.29, 1.82) is 0 Å². The molecule has 0 saturated heterocycles. The number of ether oxygens (including phenoxy) is 1. The fraction of sp³-hybridized carbons (Fsp3) is 0.167. The van der Waals surface area contributed by atoms with Crippen molar-refractivity contribution in [2.24, 2.45) is 0 Å². The first kappa shape index (κ1) is 16.4. The third-order valence-electron chi connectivity index (χ3n) is 2.61. The van der Waals surface area contributed by atoms with Gasteiger partial charge in [-0.15, -0.1) is 0 Å². The van der Waals surface area contributed by atoms with Crippen molar-refractivity contribution in [2.45, 2.75) is 5.44 Å². The molecule has 0 saturated carbocycles. The Balaban J connectivity index is 0.00000180. The number of rotatable bonds is 3. The molecule has 0 aromatic heterocycles. The molecule has 0 amide bonds. The number of methoxy groups -OCH3 is 1. The van der Waals surface area contributed by atoms with Crippen LogP contribution in [0.5, 0.6) is 5.75 Å². The molecule has 19 heavy (non-hydrogen) atoms. The standard InChI is InChI=1S/C12H11O5S.Na/c1-17-11-5-4-8-6-10(3-2-9(8)7-11)12(13)18(14,15)16;/h2-7,12H,1H3,(H,14,15,16);/q-1;+1. The molecule has 0 heterocycles. The first-order valence-electron chi connectivity index (χ1n) is 5.11. The van der Waals surface area contributed by atoms with Gasteiger partial charge in [-0.25, -0.2) is 8.42 Å². The predicted molar refractivity (Wildman–Crippen MR) is 64.8 cm³/mol. The Labute approximate surface area is 133 Å². The van der Waals surface area contributed by atoms with Gasteiger partial charge in [0.15, 0.2) is 0 Å². The van der Waals surface area contributed by atoms with Crippen molar-refractivity contribution in [1.82, 2.24) is 0 Å². The predicted octanol–water partition coefficient (Wildman–Crippen LogP) is -1.90. The Bertz CT molecular complexity index is 684. The molecule has 0 aliphatic rings. The summed E-state index contributed by atoms with van der Waals surface area (Å²) in [4.78, 5) is 0. The SMILES string of the molecule is COc1ccc2cc(C([O-])S(=O)(=O)O)ccc2c1.[Na+]. The van der Waals surface area contributed by atoms with Gasteiger partial charge in [0.05, 0.1) is 7.11 Å². The molecule has 1 N–H and O–H groups in total. The van der Waals surface area contributed by atoms with Gasteiger partial charge in [0.25, 0.3) is 10.1 Å². The van der Waals surface area contributed by atoms with E-state index in [0.29, 0.717) is 11.1 Å². The van der Waals surface area contributed by atoms with Crippen LogP contribution >= 0.6 is 0 Å². The van der Waals surface area contributed by atoms with Crippen molar-refractivity contribution >= 4 is 20.9 Å². The molecule has 7 heteroatoms. The summed E-state index contributed by atoms with van der Waals surface area (Å²) in [5, 5.41) is 13.0. The van der Waals surface area contributed by atoms with Gasteiger partial charge < -0.3 is 9.84 Å². The van der Waals surface area contributed by atoms with Crippen LogP contribution in [0.2, 0.25) is 0 Å². The van der Waals surface area contributed by atoms with Crippen molar-refractivity contribution in [3.8, 4) is 5.75 Å². The van der Waals surface area contributed by atoms with E-state index < -0.39 is 15.6 Å². The quantitative estimate of drug-likeness (QED) is 0.527. The van der Waals surface area contributed by atoms with E-state index in [4.69, 9.17) is 9.29 Å². The molecular formula is C12H11NaO5S. The summed E-state index contributed by atoms with van der Waals surface area (Å²) >= 11 is 0. The van der Waals surface area contributed by atoms with Crippen molar-refractivity contribution in [3.63, 3.8) is 0 Å². The maximum atomic E-state index is 11.5. The van der Waals surface area contributed by atoms with Crippen LogP contribution in [0.25, 0.3) is 10.8 Å². The third kappa shape index (κ3) is 3.68. The summed E-state index contributed by atoms with van der Waals surface area (Å²) in [5.41, 5.74) is -2.17. The maximum Gasteiger partial charge on any atom is 1.00 e. The molecule has 0 fully saturated rings. The Morgan fingerprint density at radius 3 is 2.32 bits per heavy atom. The zero-order chi connectivity index (χ0) is 13.3. The van der Waals surface area contributed by atoms with E-state index in [0.717, 1.165) is 5.39 Å². The molecular weight excluding hydrogens is 279 g/mol. The number of hydrogen-bond donors (Lipinski definition) is 1. The summed E-state index contributed by atoms with van der Waals surface area (Å²) < 4.78 is 35.4. The number of hydrogen-bond acceptors (Lipinski definition) is 4. The van der Waals surface area contributed by atoms with Crippen LogP contribution in [0, 0.1) is 0 Å². The van der Waals surface area contributed by atoms with Gasteiger partial charge in [-0.2, -0.15) is 0 Å². The van der Waals surface area contributed by atoms with Crippen LogP contribution in [0.3, 0.4) is 0 Å². The fourth-order valence-electron chi connectivity index (χ4n) is 1.69.